The maximum Gasteiger partial charge on any atom is 0.115 e. The minimum Gasteiger partial charge on any atom is -0.329 e. The van der Waals surface area contributed by atoms with Crippen molar-refractivity contribution in [2.75, 3.05) is 13.1 Å². The van der Waals surface area contributed by atoms with E-state index in [-0.39, 0.29) is 0 Å². The molecule has 2 N–H and O–H groups in total. The Bertz CT molecular complexity index is 249. The molecule has 1 aliphatic heterocycles. The SMILES string of the molecule is NCCN1Cc2cncnc2C1. The van der Waals surface area contributed by atoms with Gasteiger partial charge in [-0.2, -0.15) is 0 Å². The van der Waals surface area contributed by atoms with Crippen molar-refractivity contribution < 1.29 is 0 Å². The monoisotopic (exact) mass is 164 g/mol. The molecule has 0 aromatic carbocycles. The lowest BCUT2D eigenvalue weighted by atomic mass is 10.3. The van der Waals surface area contributed by atoms with Crippen molar-refractivity contribution in [3.63, 3.8) is 0 Å². The second-order valence-electron chi connectivity index (χ2n) is 2.99. The molecular weight excluding hydrogens is 152 g/mol. The summed E-state index contributed by atoms with van der Waals surface area (Å²) in [6.07, 6.45) is 3.49. The Hall–Kier alpha value is -1.00. The topological polar surface area (TPSA) is 55.0 Å². The summed E-state index contributed by atoms with van der Waals surface area (Å²) in [5.41, 5.74) is 7.86. The molecule has 1 aromatic rings. The molecule has 0 saturated heterocycles. The Morgan fingerprint density at radius 3 is 3.17 bits per heavy atom. The third-order valence-corrected chi connectivity index (χ3v) is 2.09. The van der Waals surface area contributed by atoms with Gasteiger partial charge in [-0.25, -0.2) is 9.97 Å². The minimum absolute atomic E-state index is 0.710. The number of hydrogen-bond acceptors (Lipinski definition) is 4. The van der Waals surface area contributed by atoms with Crippen molar-refractivity contribution in [2.45, 2.75) is 13.1 Å². The normalized spacial score (nSPS) is 16.4. The van der Waals surface area contributed by atoms with Gasteiger partial charge in [-0.1, -0.05) is 0 Å². The van der Waals surface area contributed by atoms with E-state index in [0.29, 0.717) is 6.54 Å². The van der Waals surface area contributed by atoms with Gasteiger partial charge < -0.3 is 5.73 Å². The van der Waals surface area contributed by atoms with Crippen LogP contribution < -0.4 is 5.73 Å². The molecule has 12 heavy (non-hydrogen) atoms. The zero-order valence-corrected chi connectivity index (χ0v) is 6.90. The lowest BCUT2D eigenvalue weighted by Crippen LogP contribution is -2.24. The highest BCUT2D eigenvalue weighted by Crippen LogP contribution is 2.17. The van der Waals surface area contributed by atoms with E-state index in [1.165, 1.54) is 5.56 Å². The van der Waals surface area contributed by atoms with Crippen molar-refractivity contribution >= 4 is 0 Å². The molecule has 0 bridgehead atoms. The Kier molecular flexibility index (Phi) is 2.01. The van der Waals surface area contributed by atoms with Crippen LogP contribution in [0.25, 0.3) is 0 Å². The first kappa shape index (κ1) is 7.64. The van der Waals surface area contributed by atoms with E-state index in [1.807, 2.05) is 6.20 Å². The first-order valence-electron chi connectivity index (χ1n) is 4.10. The standard InChI is InChI=1S/C8H12N4/c9-1-2-12-4-7-3-10-6-11-8(7)5-12/h3,6H,1-2,4-5,9H2. The van der Waals surface area contributed by atoms with Crippen molar-refractivity contribution in [1.82, 2.24) is 14.9 Å². The molecular formula is C8H12N4. The Balaban J connectivity index is 2.11. The average molecular weight is 164 g/mol. The minimum atomic E-state index is 0.710. The first-order valence-corrected chi connectivity index (χ1v) is 4.10. The molecule has 0 amide bonds. The van der Waals surface area contributed by atoms with Crippen LogP contribution in [0.15, 0.2) is 12.5 Å². The predicted octanol–water partition coefficient (Wildman–Crippen LogP) is -0.249. The molecule has 0 fully saturated rings. The van der Waals surface area contributed by atoms with Crippen LogP contribution in [0, 0.1) is 0 Å². The lowest BCUT2D eigenvalue weighted by molar-refractivity contribution is 0.291. The van der Waals surface area contributed by atoms with Gasteiger partial charge in [0.1, 0.15) is 6.33 Å². The maximum atomic E-state index is 5.47. The molecule has 4 nitrogen and oxygen atoms in total. The van der Waals surface area contributed by atoms with Crippen LogP contribution in [0.4, 0.5) is 0 Å². The number of hydrogen-bond donors (Lipinski definition) is 1. The number of nitrogens with zero attached hydrogens (tertiary/aromatic N) is 3. The summed E-state index contributed by atoms with van der Waals surface area (Å²) >= 11 is 0. The largest absolute Gasteiger partial charge is 0.329 e. The molecule has 0 radical (unpaired) electrons. The van der Waals surface area contributed by atoms with Gasteiger partial charge >= 0.3 is 0 Å². The molecule has 4 heteroatoms. The van der Waals surface area contributed by atoms with E-state index >= 15 is 0 Å². The highest BCUT2D eigenvalue weighted by Gasteiger charge is 2.18. The molecule has 0 saturated carbocycles. The van der Waals surface area contributed by atoms with Gasteiger partial charge in [0, 0.05) is 37.9 Å². The second-order valence-corrected chi connectivity index (χ2v) is 2.99. The smallest absolute Gasteiger partial charge is 0.115 e. The Morgan fingerprint density at radius 2 is 2.42 bits per heavy atom. The van der Waals surface area contributed by atoms with Crippen molar-refractivity contribution in [2.24, 2.45) is 5.73 Å². The Labute approximate surface area is 71.4 Å². The average Bonchev–Trinajstić information content (AvgIpc) is 2.47. The van der Waals surface area contributed by atoms with E-state index in [0.717, 1.165) is 25.3 Å². The molecule has 0 aliphatic carbocycles. The maximum absolute atomic E-state index is 5.47. The number of rotatable bonds is 2. The van der Waals surface area contributed by atoms with E-state index < -0.39 is 0 Å². The Morgan fingerprint density at radius 1 is 1.50 bits per heavy atom. The van der Waals surface area contributed by atoms with Crippen molar-refractivity contribution in [3.05, 3.63) is 23.8 Å². The van der Waals surface area contributed by atoms with Crippen LogP contribution in [0.3, 0.4) is 0 Å². The van der Waals surface area contributed by atoms with Gasteiger partial charge in [0.2, 0.25) is 0 Å². The van der Waals surface area contributed by atoms with E-state index in [1.54, 1.807) is 6.33 Å². The van der Waals surface area contributed by atoms with Crippen LogP contribution in [0.5, 0.6) is 0 Å². The molecule has 2 rings (SSSR count). The quantitative estimate of drug-likeness (QED) is 0.655. The predicted molar refractivity (Wildman–Crippen MR) is 45.2 cm³/mol. The summed E-state index contributed by atoms with van der Waals surface area (Å²) < 4.78 is 0. The highest BCUT2D eigenvalue weighted by atomic mass is 15.2. The summed E-state index contributed by atoms with van der Waals surface area (Å²) in [5, 5.41) is 0. The highest BCUT2D eigenvalue weighted by molar-refractivity contribution is 5.19. The van der Waals surface area contributed by atoms with E-state index in [4.69, 9.17) is 5.73 Å². The number of aromatic nitrogens is 2. The summed E-state index contributed by atoms with van der Waals surface area (Å²) in [6.45, 7) is 3.53. The van der Waals surface area contributed by atoms with Crippen LogP contribution in [-0.2, 0) is 13.1 Å². The van der Waals surface area contributed by atoms with Gasteiger partial charge in [-0.3, -0.25) is 4.90 Å². The van der Waals surface area contributed by atoms with Crippen LogP contribution >= 0.6 is 0 Å². The van der Waals surface area contributed by atoms with Gasteiger partial charge in [0.05, 0.1) is 5.69 Å². The van der Waals surface area contributed by atoms with Crippen LogP contribution in [0.2, 0.25) is 0 Å². The summed E-state index contributed by atoms with van der Waals surface area (Å²) in [7, 11) is 0. The fourth-order valence-corrected chi connectivity index (χ4v) is 1.51. The molecule has 0 unspecified atom stereocenters. The molecule has 2 heterocycles. The van der Waals surface area contributed by atoms with Gasteiger partial charge in [-0.15, -0.1) is 0 Å². The lowest BCUT2D eigenvalue weighted by Gasteiger charge is -2.11. The number of fused-ring (bicyclic) bond motifs is 1. The van der Waals surface area contributed by atoms with E-state index in [9.17, 15) is 0 Å². The van der Waals surface area contributed by atoms with Crippen LogP contribution in [-0.4, -0.2) is 28.0 Å². The molecule has 1 aliphatic rings. The van der Waals surface area contributed by atoms with Gasteiger partial charge in [-0.05, 0) is 0 Å². The van der Waals surface area contributed by atoms with Crippen molar-refractivity contribution in [1.29, 1.82) is 0 Å². The fraction of sp³-hybridized carbons (Fsp3) is 0.500. The third-order valence-electron chi connectivity index (χ3n) is 2.09. The molecule has 1 aromatic heterocycles. The zero-order valence-electron chi connectivity index (χ0n) is 6.90. The van der Waals surface area contributed by atoms with Gasteiger partial charge in [0.25, 0.3) is 0 Å². The molecule has 0 spiro atoms. The third kappa shape index (κ3) is 1.31. The first-order chi connectivity index (χ1) is 5.90. The fourth-order valence-electron chi connectivity index (χ4n) is 1.51. The van der Waals surface area contributed by atoms with E-state index in [2.05, 4.69) is 14.9 Å². The molecule has 0 atom stereocenters. The number of nitrogens with two attached hydrogens (primary N) is 1. The van der Waals surface area contributed by atoms with Gasteiger partial charge in [0.15, 0.2) is 0 Å². The van der Waals surface area contributed by atoms with Crippen molar-refractivity contribution in [3.8, 4) is 0 Å². The second kappa shape index (κ2) is 3.16. The summed E-state index contributed by atoms with van der Waals surface area (Å²) in [4.78, 5) is 10.5. The van der Waals surface area contributed by atoms with Crippen LogP contribution in [0.1, 0.15) is 11.3 Å². The summed E-state index contributed by atoms with van der Waals surface area (Å²) in [5.74, 6) is 0. The molecule has 64 valence electrons. The zero-order chi connectivity index (χ0) is 8.39. The summed E-state index contributed by atoms with van der Waals surface area (Å²) in [6, 6.07) is 0.